The third-order valence-corrected chi connectivity index (χ3v) is 8.03. The molecule has 0 saturated heterocycles. The van der Waals surface area contributed by atoms with E-state index in [1.165, 1.54) is 18.9 Å². The second kappa shape index (κ2) is 16.0. The van der Waals surface area contributed by atoms with Crippen LogP contribution in [0.2, 0.25) is 0 Å². The van der Waals surface area contributed by atoms with E-state index in [1.807, 2.05) is 25.1 Å². The van der Waals surface area contributed by atoms with Gasteiger partial charge in [0.05, 0.1) is 32.3 Å². The molecule has 0 aliphatic rings. The van der Waals surface area contributed by atoms with Crippen molar-refractivity contribution in [3.8, 4) is 17.2 Å². The number of benzene rings is 4. The molecule has 232 valence electrons. The summed E-state index contributed by atoms with van der Waals surface area (Å²) in [5, 5.41) is 8.16. The fourth-order valence-corrected chi connectivity index (χ4v) is 5.34. The third-order valence-electron chi connectivity index (χ3n) is 6.67. The number of hydrogen-bond donors (Lipinski definition) is 3. The van der Waals surface area contributed by atoms with Crippen LogP contribution < -0.4 is 30.2 Å². The zero-order valence-electron chi connectivity index (χ0n) is 25.5. The van der Waals surface area contributed by atoms with Crippen LogP contribution in [0.4, 0.5) is 11.4 Å². The van der Waals surface area contributed by atoms with Crippen molar-refractivity contribution in [3.05, 3.63) is 114 Å². The van der Waals surface area contributed by atoms with Crippen LogP contribution in [0.15, 0.2) is 108 Å². The molecule has 0 aliphatic carbocycles. The third kappa shape index (κ3) is 8.90. The van der Waals surface area contributed by atoms with Gasteiger partial charge in [-0.1, -0.05) is 43.3 Å². The highest BCUT2D eigenvalue weighted by Gasteiger charge is 2.21. The Labute approximate surface area is 267 Å². The molecule has 0 heterocycles. The Morgan fingerprint density at radius 1 is 0.778 bits per heavy atom. The lowest BCUT2D eigenvalue weighted by Crippen LogP contribution is -2.30. The van der Waals surface area contributed by atoms with Crippen LogP contribution in [-0.4, -0.2) is 44.3 Å². The SMILES string of the molecule is CCC(Sc1cccc(NC(=O)/C(=C\c2ccc(OC)cc2OC)NC(=O)c2ccccc2)c1)C(=O)Nc1ccccc1OC. The van der Waals surface area contributed by atoms with Crippen LogP contribution in [0.25, 0.3) is 6.08 Å². The van der Waals surface area contributed by atoms with Crippen LogP contribution in [0, 0.1) is 0 Å². The zero-order valence-corrected chi connectivity index (χ0v) is 26.3. The molecule has 10 heteroatoms. The number of rotatable bonds is 13. The lowest BCUT2D eigenvalue weighted by molar-refractivity contribution is -0.116. The van der Waals surface area contributed by atoms with Gasteiger partial charge in [-0.15, -0.1) is 11.8 Å². The highest BCUT2D eigenvalue weighted by atomic mass is 32.2. The van der Waals surface area contributed by atoms with Gasteiger partial charge in [-0.3, -0.25) is 14.4 Å². The summed E-state index contributed by atoms with van der Waals surface area (Å²) in [4.78, 5) is 40.6. The van der Waals surface area contributed by atoms with Gasteiger partial charge in [-0.2, -0.15) is 0 Å². The smallest absolute Gasteiger partial charge is 0.272 e. The molecule has 0 fully saturated rings. The fourth-order valence-electron chi connectivity index (χ4n) is 4.33. The minimum Gasteiger partial charge on any atom is -0.497 e. The van der Waals surface area contributed by atoms with Crippen molar-refractivity contribution in [1.82, 2.24) is 5.32 Å². The van der Waals surface area contributed by atoms with E-state index in [0.717, 1.165) is 4.90 Å². The normalized spacial score (nSPS) is 11.6. The first-order chi connectivity index (χ1) is 21.8. The molecule has 1 atom stereocenters. The molecule has 0 aliphatic heterocycles. The van der Waals surface area contributed by atoms with Crippen molar-refractivity contribution in [2.45, 2.75) is 23.5 Å². The number of nitrogens with one attached hydrogen (secondary N) is 3. The maximum atomic E-state index is 13.6. The number of methoxy groups -OCH3 is 3. The highest BCUT2D eigenvalue weighted by molar-refractivity contribution is 8.00. The molecular formula is C35H35N3O6S. The molecule has 4 aromatic rings. The van der Waals surface area contributed by atoms with Gasteiger partial charge in [0.1, 0.15) is 22.9 Å². The lowest BCUT2D eigenvalue weighted by Gasteiger charge is -2.17. The summed E-state index contributed by atoms with van der Waals surface area (Å²) in [6.07, 6.45) is 2.12. The molecular weight excluding hydrogens is 590 g/mol. The fraction of sp³-hybridized carbons (Fsp3) is 0.171. The largest absolute Gasteiger partial charge is 0.497 e. The number of carbonyl (C=O) groups is 3. The molecule has 0 radical (unpaired) electrons. The highest BCUT2D eigenvalue weighted by Crippen LogP contribution is 2.31. The van der Waals surface area contributed by atoms with Crippen molar-refractivity contribution in [3.63, 3.8) is 0 Å². The first kappa shape index (κ1) is 32.7. The van der Waals surface area contributed by atoms with E-state index >= 15 is 0 Å². The number of ether oxygens (including phenoxy) is 3. The predicted molar refractivity (Wildman–Crippen MR) is 178 cm³/mol. The maximum Gasteiger partial charge on any atom is 0.272 e. The molecule has 0 aromatic heterocycles. The average Bonchev–Trinajstić information content (AvgIpc) is 3.07. The number of thioether (sulfide) groups is 1. The van der Waals surface area contributed by atoms with Crippen LogP contribution in [0.1, 0.15) is 29.3 Å². The summed E-state index contributed by atoms with van der Waals surface area (Å²) in [6, 6.07) is 28.2. The van der Waals surface area contributed by atoms with Crippen molar-refractivity contribution < 1.29 is 28.6 Å². The predicted octanol–water partition coefficient (Wildman–Crippen LogP) is 6.63. The summed E-state index contributed by atoms with van der Waals surface area (Å²) in [7, 11) is 4.61. The molecule has 3 amide bonds. The summed E-state index contributed by atoms with van der Waals surface area (Å²) >= 11 is 1.38. The second-order valence-corrected chi connectivity index (χ2v) is 10.9. The minimum absolute atomic E-state index is 0.00740. The Morgan fingerprint density at radius 3 is 2.22 bits per heavy atom. The van der Waals surface area contributed by atoms with Crippen molar-refractivity contribution in [1.29, 1.82) is 0 Å². The number of anilines is 2. The van der Waals surface area contributed by atoms with Crippen molar-refractivity contribution >= 4 is 46.9 Å². The Morgan fingerprint density at radius 2 is 1.51 bits per heavy atom. The van der Waals surface area contributed by atoms with E-state index in [0.29, 0.717) is 46.2 Å². The summed E-state index contributed by atoms with van der Waals surface area (Å²) in [5.74, 6) is 0.471. The molecule has 0 spiro atoms. The molecule has 0 bridgehead atoms. The number of amides is 3. The molecule has 0 saturated carbocycles. The summed E-state index contributed by atoms with van der Waals surface area (Å²) < 4.78 is 16.1. The summed E-state index contributed by atoms with van der Waals surface area (Å²) in [5.41, 5.74) is 2.05. The molecule has 9 nitrogen and oxygen atoms in total. The molecule has 1 unspecified atom stereocenters. The van der Waals surface area contributed by atoms with E-state index in [4.69, 9.17) is 14.2 Å². The van der Waals surface area contributed by atoms with E-state index in [-0.39, 0.29) is 11.6 Å². The molecule has 4 aromatic carbocycles. The monoisotopic (exact) mass is 625 g/mol. The van der Waals surface area contributed by atoms with E-state index in [9.17, 15) is 14.4 Å². The summed E-state index contributed by atoms with van der Waals surface area (Å²) in [6.45, 7) is 1.94. The van der Waals surface area contributed by atoms with Gasteiger partial charge in [-0.05, 0) is 67.1 Å². The Balaban J connectivity index is 1.55. The van der Waals surface area contributed by atoms with Crippen LogP contribution in [0.5, 0.6) is 17.2 Å². The number of carbonyl (C=O) groups excluding carboxylic acids is 3. The molecule has 4 rings (SSSR count). The van der Waals surface area contributed by atoms with Crippen molar-refractivity contribution in [2.75, 3.05) is 32.0 Å². The Bertz CT molecular complexity index is 1680. The standard InChI is InChI=1S/C35H35N3O6S/c1-5-32(35(41)37-28-16-9-10-17-30(28)43-3)45-27-15-11-14-25(21-27)36-34(40)29(38-33(39)23-12-7-6-8-13-23)20-24-18-19-26(42-2)22-31(24)44-4/h6-22,32H,5H2,1-4H3,(H,36,40)(H,37,41)(H,38,39)/b29-20+. The van der Waals surface area contributed by atoms with Gasteiger partial charge >= 0.3 is 0 Å². The van der Waals surface area contributed by atoms with Crippen LogP contribution in [-0.2, 0) is 9.59 Å². The topological polar surface area (TPSA) is 115 Å². The van der Waals surface area contributed by atoms with Gasteiger partial charge in [0.15, 0.2) is 0 Å². The minimum atomic E-state index is -0.541. The second-order valence-electron chi connectivity index (χ2n) is 9.67. The lowest BCUT2D eigenvalue weighted by atomic mass is 10.1. The first-order valence-corrected chi connectivity index (χ1v) is 15.0. The van der Waals surface area contributed by atoms with Crippen LogP contribution >= 0.6 is 11.8 Å². The Kier molecular flexibility index (Phi) is 11.6. The molecule has 45 heavy (non-hydrogen) atoms. The zero-order chi connectivity index (χ0) is 32.2. The quantitative estimate of drug-likeness (QED) is 0.113. The van der Waals surface area contributed by atoms with Gasteiger partial charge in [-0.25, -0.2) is 0 Å². The van der Waals surface area contributed by atoms with Crippen LogP contribution in [0.3, 0.4) is 0 Å². The van der Waals surface area contributed by atoms with Gasteiger partial charge in [0.25, 0.3) is 11.8 Å². The maximum absolute atomic E-state index is 13.6. The molecule has 3 N–H and O–H groups in total. The van der Waals surface area contributed by atoms with Gasteiger partial charge < -0.3 is 30.2 Å². The van der Waals surface area contributed by atoms with Gasteiger partial charge in [0.2, 0.25) is 5.91 Å². The average molecular weight is 626 g/mol. The number of para-hydroxylation sites is 2. The van der Waals surface area contributed by atoms with E-state index in [2.05, 4.69) is 16.0 Å². The van der Waals surface area contributed by atoms with Gasteiger partial charge in [0, 0.05) is 27.8 Å². The number of hydrogen-bond acceptors (Lipinski definition) is 7. The van der Waals surface area contributed by atoms with E-state index in [1.54, 1.807) is 99.2 Å². The first-order valence-electron chi connectivity index (χ1n) is 14.2. The van der Waals surface area contributed by atoms with E-state index < -0.39 is 17.1 Å². The Hall–Kier alpha value is -5.22. The van der Waals surface area contributed by atoms with Crippen molar-refractivity contribution in [2.24, 2.45) is 0 Å².